The highest BCUT2D eigenvalue weighted by Gasteiger charge is 2.18. The quantitative estimate of drug-likeness (QED) is 0.386. The number of hydrogen-bond donors (Lipinski definition) is 3. The minimum atomic E-state index is -0.566. The van der Waals surface area contributed by atoms with E-state index >= 15 is 0 Å². The number of amides is 1. The summed E-state index contributed by atoms with van der Waals surface area (Å²) in [6, 6.07) is 4.91. The molecule has 0 bridgehead atoms. The number of benzene rings is 1. The summed E-state index contributed by atoms with van der Waals surface area (Å²) in [5.41, 5.74) is 0.254. The number of nitrogens with one attached hydrogen (secondary N) is 1. The standard InChI is InChI=1S/C19H24N4O4S/c1-27-10-4-9-23-17(25)14-8-7-12(11-15(14)18(23)26)16(24)21-22-19(28)20-13-5-2-3-6-13/h7-8,11,13,25-26H,2-6,9-10H2,1H3,(H,20,28). The lowest BCUT2D eigenvalue weighted by molar-refractivity contribution is 0.0995. The van der Waals surface area contributed by atoms with Gasteiger partial charge in [0.25, 0.3) is 5.91 Å². The van der Waals surface area contributed by atoms with E-state index in [1.165, 1.54) is 16.7 Å². The van der Waals surface area contributed by atoms with Crippen LogP contribution in [0.4, 0.5) is 0 Å². The zero-order valence-electron chi connectivity index (χ0n) is 15.7. The van der Waals surface area contributed by atoms with E-state index in [1.807, 2.05) is 0 Å². The third-order valence-corrected chi connectivity index (χ3v) is 5.10. The minimum absolute atomic E-state index is 0.0498. The fraction of sp³-hybridized carbons (Fsp3) is 0.474. The van der Waals surface area contributed by atoms with Crippen molar-refractivity contribution >= 4 is 34.0 Å². The predicted molar refractivity (Wildman–Crippen MR) is 109 cm³/mol. The Balaban J connectivity index is 1.73. The number of aromatic hydroxyl groups is 2. The maximum Gasteiger partial charge on any atom is 0.295 e. The minimum Gasteiger partial charge on any atom is -0.494 e. The summed E-state index contributed by atoms with van der Waals surface area (Å²) >= 11 is 5.12. The monoisotopic (exact) mass is 404 g/mol. The van der Waals surface area contributed by atoms with Gasteiger partial charge in [0.2, 0.25) is 16.9 Å². The third-order valence-electron chi connectivity index (χ3n) is 4.90. The molecular weight excluding hydrogens is 380 g/mol. The molecule has 1 aromatic heterocycles. The number of carbonyl (C=O) groups is 1. The van der Waals surface area contributed by atoms with Crippen LogP contribution in [0.25, 0.3) is 10.8 Å². The molecule has 8 nitrogen and oxygen atoms in total. The van der Waals surface area contributed by atoms with E-state index < -0.39 is 5.91 Å². The second-order valence-electron chi connectivity index (χ2n) is 6.84. The molecule has 0 atom stereocenters. The molecule has 1 amide bonds. The van der Waals surface area contributed by atoms with Crippen molar-refractivity contribution in [1.29, 1.82) is 0 Å². The van der Waals surface area contributed by atoms with Gasteiger partial charge in [0, 0.05) is 42.6 Å². The summed E-state index contributed by atoms with van der Waals surface area (Å²) in [7, 11) is 1.59. The molecule has 1 saturated carbocycles. The Bertz CT molecular complexity index is 903. The van der Waals surface area contributed by atoms with Crippen LogP contribution in [0, 0.1) is 0 Å². The highest BCUT2D eigenvalue weighted by atomic mass is 32.1. The van der Waals surface area contributed by atoms with Gasteiger partial charge in [0.05, 0.1) is 0 Å². The van der Waals surface area contributed by atoms with Gasteiger partial charge in [0.1, 0.15) is 0 Å². The number of rotatable bonds is 6. The number of azo groups is 1. The molecule has 1 aliphatic carbocycles. The summed E-state index contributed by atoms with van der Waals surface area (Å²) in [6.07, 6.45) is 5.05. The van der Waals surface area contributed by atoms with Crippen LogP contribution in [0.3, 0.4) is 0 Å². The Hall–Kier alpha value is -2.52. The molecular formula is C19H24N4O4S. The maximum atomic E-state index is 12.3. The smallest absolute Gasteiger partial charge is 0.295 e. The molecule has 3 N–H and O–H groups in total. The fourth-order valence-corrected chi connectivity index (χ4v) is 3.66. The molecule has 28 heavy (non-hydrogen) atoms. The molecule has 1 fully saturated rings. The topological polar surface area (TPSA) is 108 Å². The molecule has 1 aliphatic rings. The van der Waals surface area contributed by atoms with E-state index in [2.05, 4.69) is 15.5 Å². The lowest BCUT2D eigenvalue weighted by Crippen LogP contribution is -2.29. The van der Waals surface area contributed by atoms with Gasteiger partial charge in [-0.15, -0.1) is 10.2 Å². The van der Waals surface area contributed by atoms with Gasteiger partial charge < -0.3 is 20.3 Å². The van der Waals surface area contributed by atoms with E-state index in [-0.39, 0.29) is 22.4 Å². The molecule has 9 heteroatoms. The van der Waals surface area contributed by atoms with Crippen LogP contribution >= 0.6 is 12.2 Å². The van der Waals surface area contributed by atoms with Crippen LogP contribution in [0.1, 0.15) is 42.5 Å². The van der Waals surface area contributed by atoms with Crippen LogP contribution in [0.15, 0.2) is 28.4 Å². The molecule has 0 spiro atoms. The van der Waals surface area contributed by atoms with Crippen molar-refractivity contribution < 1.29 is 19.7 Å². The summed E-state index contributed by atoms with van der Waals surface area (Å²) in [4.78, 5) is 12.3. The summed E-state index contributed by atoms with van der Waals surface area (Å²) in [5.74, 6) is -0.719. The molecule has 2 aromatic rings. The molecule has 0 aliphatic heterocycles. The predicted octanol–water partition coefficient (Wildman–Crippen LogP) is 3.50. The van der Waals surface area contributed by atoms with Crippen molar-refractivity contribution in [3.63, 3.8) is 0 Å². The van der Waals surface area contributed by atoms with Gasteiger partial charge in [-0.05, 0) is 49.7 Å². The molecule has 0 saturated heterocycles. The molecule has 150 valence electrons. The average Bonchev–Trinajstić information content (AvgIpc) is 3.28. The van der Waals surface area contributed by atoms with E-state index in [0.29, 0.717) is 36.4 Å². The first-order valence-electron chi connectivity index (χ1n) is 9.31. The van der Waals surface area contributed by atoms with Crippen LogP contribution in [0.2, 0.25) is 0 Å². The van der Waals surface area contributed by atoms with Crippen LogP contribution in [-0.4, -0.2) is 45.6 Å². The highest BCUT2D eigenvalue weighted by Crippen LogP contribution is 2.37. The highest BCUT2D eigenvalue weighted by molar-refractivity contribution is 7.80. The first-order valence-corrected chi connectivity index (χ1v) is 9.71. The second-order valence-corrected chi connectivity index (χ2v) is 7.23. The van der Waals surface area contributed by atoms with Crippen LogP contribution < -0.4 is 5.32 Å². The van der Waals surface area contributed by atoms with E-state index in [1.54, 1.807) is 13.2 Å². The van der Waals surface area contributed by atoms with Gasteiger partial charge in [0.15, 0.2) is 0 Å². The van der Waals surface area contributed by atoms with E-state index in [9.17, 15) is 15.0 Å². The van der Waals surface area contributed by atoms with Gasteiger partial charge in [-0.3, -0.25) is 9.36 Å². The lowest BCUT2D eigenvalue weighted by Gasteiger charge is -2.09. The number of hydrogen-bond acceptors (Lipinski definition) is 5. The number of aromatic nitrogens is 1. The molecule has 1 aromatic carbocycles. The first kappa shape index (κ1) is 20.2. The molecule has 0 radical (unpaired) electrons. The molecule has 1 heterocycles. The Morgan fingerprint density at radius 3 is 2.68 bits per heavy atom. The number of thiocarbonyl (C=S) groups is 1. The lowest BCUT2D eigenvalue weighted by atomic mass is 10.1. The zero-order valence-corrected chi connectivity index (χ0v) is 16.5. The van der Waals surface area contributed by atoms with E-state index in [0.717, 1.165) is 25.7 Å². The van der Waals surface area contributed by atoms with Crippen molar-refractivity contribution in [3.8, 4) is 11.8 Å². The second kappa shape index (κ2) is 9.11. The van der Waals surface area contributed by atoms with Crippen molar-refractivity contribution in [2.75, 3.05) is 13.7 Å². The van der Waals surface area contributed by atoms with Crippen molar-refractivity contribution in [3.05, 3.63) is 23.8 Å². The molecule has 3 rings (SSSR count). The number of ether oxygens (including phenoxy) is 1. The molecule has 0 unspecified atom stereocenters. The number of carbonyl (C=O) groups excluding carboxylic acids is 1. The number of methoxy groups -OCH3 is 1. The number of nitrogens with zero attached hydrogens (tertiary/aromatic N) is 3. The largest absolute Gasteiger partial charge is 0.494 e. The fourth-order valence-electron chi connectivity index (χ4n) is 3.45. The summed E-state index contributed by atoms with van der Waals surface area (Å²) in [6.45, 7) is 0.899. The van der Waals surface area contributed by atoms with Gasteiger partial charge in [-0.1, -0.05) is 12.8 Å². The first-order chi connectivity index (χ1) is 13.5. The Morgan fingerprint density at radius 2 is 1.96 bits per heavy atom. The maximum absolute atomic E-state index is 12.3. The van der Waals surface area contributed by atoms with E-state index in [4.69, 9.17) is 17.0 Å². The summed E-state index contributed by atoms with van der Waals surface area (Å²) < 4.78 is 6.39. The SMILES string of the molecule is COCCCn1c(O)c2ccc(C(=O)N=NC(=S)NC3CCCC3)cc2c1O. The van der Waals surface area contributed by atoms with Gasteiger partial charge in [-0.25, -0.2) is 0 Å². The van der Waals surface area contributed by atoms with Gasteiger partial charge in [-0.2, -0.15) is 0 Å². The van der Waals surface area contributed by atoms with Crippen LogP contribution in [-0.2, 0) is 11.3 Å². The van der Waals surface area contributed by atoms with Crippen molar-refractivity contribution in [2.24, 2.45) is 10.2 Å². The Labute approximate surface area is 168 Å². The Kier molecular flexibility index (Phi) is 6.58. The van der Waals surface area contributed by atoms with Gasteiger partial charge >= 0.3 is 0 Å². The number of fused-ring (bicyclic) bond motifs is 1. The summed E-state index contributed by atoms with van der Waals surface area (Å²) in [5, 5.41) is 32.4. The average molecular weight is 404 g/mol. The zero-order chi connectivity index (χ0) is 20.1. The normalized spacial score (nSPS) is 14.9. The Morgan fingerprint density at radius 1 is 1.25 bits per heavy atom. The van der Waals surface area contributed by atoms with Crippen LogP contribution in [0.5, 0.6) is 11.8 Å². The van der Waals surface area contributed by atoms with Crippen molar-refractivity contribution in [2.45, 2.75) is 44.7 Å². The van der Waals surface area contributed by atoms with Crippen molar-refractivity contribution in [1.82, 2.24) is 9.88 Å². The third kappa shape index (κ3) is 4.48.